The van der Waals surface area contributed by atoms with Crippen molar-refractivity contribution >= 4 is 25.9 Å². The number of Topliss-reactive ketones (excluding diaryl/α,β-unsaturated/α-hetero) is 1. The largest absolute Gasteiger partial charge is 0.505 e. The van der Waals surface area contributed by atoms with Crippen LogP contribution in [0.25, 0.3) is 0 Å². The summed E-state index contributed by atoms with van der Waals surface area (Å²) in [5, 5.41) is 2.14. The van der Waals surface area contributed by atoms with E-state index < -0.39 is 32.7 Å². The molecule has 0 saturated carbocycles. The lowest BCUT2D eigenvalue weighted by Crippen LogP contribution is -2.32. The maximum atomic E-state index is 11.1. The third-order valence-electron chi connectivity index (χ3n) is 1.70. The van der Waals surface area contributed by atoms with E-state index in [9.17, 15) is 18.9 Å². The van der Waals surface area contributed by atoms with Gasteiger partial charge in [-0.2, -0.15) is 0 Å². The zero-order chi connectivity index (χ0) is 14.7. The van der Waals surface area contributed by atoms with Crippen LogP contribution >= 0.6 is 8.03 Å². The van der Waals surface area contributed by atoms with Crippen molar-refractivity contribution in [3.05, 3.63) is 0 Å². The quantitative estimate of drug-likeness (QED) is 0.383. The number of ketones is 1. The Morgan fingerprint density at radius 2 is 1.89 bits per heavy atom. The van der Waals surface area contributed by atoms with Crippen LogP contribution in [0, 0.1) is 0 Å². The molecule has 0 rings (SSSR count). The molecule has 0 aliphatic carbocycles. The van der Waals surface area contributed by atoms with Gasteiger partial charge in [0.25, 0.3) is 0 Å². The number of carbonyl (C=O) groups excluding carboxylic acids is 3. The maximum Gasteiger partial charge on any atom is 0.505 e. The molecule has 9 heteroatoms. The average Bonchev–Trinajstić information content (AvgIpc) is 2.34. The van der Waals surface area contributed by atoms with Gasteiger partial charge in [-0.1, -0.05) is 6.92 Å². The van der Waals surface area contributed by atoms with Gasteiger partial charge in [-0.25, -0.2) is 4.79 Å². The standard InChI is InChI=1S/C10H16NO7P/c1-3-4-9(13)16-7-17-10(14)11-5-8(12)6-18-19(2)15/h3-7H2,1-2H3/p+1. The normalized spacial score (nSPS) is 10.5. The van der Waals surface area contributed by atoms with Gasteiger partial charge in [0.15, 0.2) is 19.1 Å². The number of rotatable bonds is 9. The summed E-state index contributed by atoms with van der Waals surface area (Å²) in [5.41, 5.74) is 0. The van der Waals surface area contributed by atoms with Crippen LogP contribution in [0.4, 0.5) is 4.79 Å². The summed E-state index contributed by atoms with van der Waals surface area (Å²) in [7, 11) is -1.85. The minimum absolute atomic E-state index is 0.246. The Bertz CT molecular complexity index is 345. The van der Waals surface area contributed by atoms with Crippen molar-refractivity contribution in [2.24, 2.45) is 0 Å². The van der Waals surface area contributed by atoms with Crippen LogP contribution in [-0.4, -0.2) is 44.5 Å². The van der Waals surface area contributed by atoms with E-state index in [1.807, 2.05) is 6.92 Å². The van der Waals surface area contributed by atoms with Crippen LogP contribution < -0.4 is 5.32 Å². The van der Waals surface area contributed by atoms with Gasteiger partial charge in [0.2, 0.25) is 6.79 Å². The fourth-order valence-corrected chi connectivity index (χ4v) is 1.19. The number of esters is 1. The molecule has 0 saturated heterocycles. The predicted octanol–water partition coefficient (Wildman–Crippen LogP) is 0.971. The van der Waals surface area contributed by atoms with E-state index in [2.05, 4.69) is 19.3 Å². The summed E-state index contributed by atoms with van der Waals surface area (Å²) >= 11 is 0. The third kappa shape index (κ3) is 11.3. The van der Waals surface area contributed by atoms with Crippen molar-refractivity contribution in [2.75, 3.05) is 26.6 Å². The van der Waals surface area contributed by atoms with Crippen LogP contribution in [0.15, 0.2) is 0 Å². The Morgan fingerprint density at radius 1 is 1.21 bits per heavy atom. The highest BCUT2D eigenvalue weighted by Crippen LogP contribution is 2.13. The second-order valence-electron chi connectivity index (χ2n) is 3.42. The summed E-state index contributed by atoms with van der Waals surface area (Å²) in [4.78, 5) is 33.1. The molecular weight excluding hydrogens is 277 g/mol. The predicted molar refractivity (Wildman–Crippen MR) is 64.8 cm³/mol. The number of hydrogen-bond donors (Lipinski definition) is 1. The Morgan fingerprint density at radius 3 is 2.47 bits per heavy atom. The van der Waals surface area contributed by atoms with Gasteiger partial charge >= 0.3 is 20.1 Å². The molecule has 19 heavy (non-hydrogen) atoms. The fraction of sp³-hybridized carbons (Fsp3) is 0.700. The molecule has 1 N–H and O–H groups in total. The first-order chi connectivity index (χ1) is 8.95. The lowest BCUT2D eigenvalue weighted by atomic mass is 10.3. The summed E-state index contributed by atoms with van der Waals surface area (Å²) in [6.07, 6.45) is -0.00611. The van der Waals surface area contributed by atoms with Crippen molar-refractivity contribution < 1.29 is 32.9 Å². The molecule has 0 aromatic heterocycles. The first kappa shape index (κ1) is 17.5. The van der Waals surface area contributed by atoms with Crippen molar-refractivity contribution in [3.8, 4) is 0 Å². The molecule has 0 radical (unpaired) electrons. The molecule has 108 valence electrons. The number of ether oxygens (including phenoxy) is 2. The van der Waals surface area contributed by atoms with Crippen molar-refractivity contribution in [3.63, 3.8) is 0 Å². The molecule has 1 amide bonds. The van der Waals surface area contributed by atoms with E-state index >= 15 is 0 Å². The average molecular weight is 294 g/mol. The van der Waals surface area contributed by atoms with E-state index in [0.717, 1.165) is 0 Å². The highest BCUT2D eigenvalue weighted by molar-refractivity contribution is 7.38. The van der Waals surface area contributed by atoms with E-state index in [4.69, 9.17) is 0 Å². The molecule has 0 aromatic rings. The zero-order valence-electron chi connectivity index (χ0n) is 10.8. The van der Waals surface area contributed by atoms with E-state index in [1.165, 1.54) is 6.66 Å². The molecule has 0 fully saturated rings. The van der Waals surface area contributed by atoms with Crippen molar-refractivity contribution in [1.29, 1.82) is 0 Å². The molecule has 8 nitrogen and oxygen atoms in total. The van der Waals surface area contributed by atoms with E-state index in [0.29, 0.717) is 6.42 Å². The summed E-state index contributed by atoms with van der Waals surface area (Å²) < 4.78 is 24.2. The monoisotopic (exact) mass is 294 g/mol. The molecule has 1 atom stereocenters. The number of alkyl carbamates (subject to hydrolysis) is 1. The molecule has 0 heterocycles. The van der Waals surface area contributed by atoms with Gasteiger partial charge in [-0.15, -0.1) is 4.52 Å². The molecule has 0 spiro atoms. The Hall–Kier alpha value is -1.53. The molecule has 0 aliphatic rings. The van der Waals surface area contributed by atoms with Gasteiger partial charge in [0.05, 0.1) is 6.54 Å². The summed E-state index contributed by atoms with van der Waals surface area (Å²) in [6.45, 7) is 1.96. The molecule has 0 aromatic carbocycles. The van der Waals surface area contributed by atoms with Crippen LogP contribution in [0.3, 0.4) is 0 Å². The van der Waals surface area contributed by atoms with E-state index in [-0.39, 0.29) is 19.6 Å². The summed E-state index contributed by atoms with van der Waals surface area (Å²) in [5.74, 6) is -0.920. The van der Waals surface area contributed by atoms with Gasteiger partial charge in [0.1, 0.15) is 0 Å². The number of carbonyl (C=O) groups is 3. The van der Waals surface area contributed by atoms with Crippen LogP contribution in [0.2, 0.25) is 0 Å². The van der Waals surface area contributed by atoms with E-state index in [1.54, 1.807) is 0 Å². The SMILES string of the molecule is CCCC(=O)OCOC(=O)NCC(=O)CO[P+](C)=O. The Labute approximate surface area is 111 Å². The minimum Gasteiger partial charge on any atom is -0.428 e. The van der Waals surface area contributed by atoms with Gasteiger partial charge < -0.3 is 14.8 Å². The number of nitrogens with one attached hydrogen (secondary N) is 1. The number of hydrogen-bond acceptors (Lipinski definition) is 7. The lowest BCUT2D eigenvalue weighted by Gasteiger charge is -2.06. The maximum absolute atomic E-state index is 11.1. The topological polar surface area (TPSA) is 108 Å². The van der Waals surface area contributed by atoms with Crippen LogP contribution in [0.5, 0.6) is 0 Å². The zero-order valence-corrected chi connectivity index (χ0v) is 11.7. The van der Waals surface area contributed by atoms with Crippen LogP contribution in [0.1, 0.15) is 19.8 Å². The van der Waals surface area contributed by atoms with Crippen LogP contribution in [-0.2, 0) is 28.2 Å². The lowest BCUT2D eigenvalue weighted by molar-refractivity contribution is -0.151. The first-order valence-corrected chi connectivity index (χ1v) is 7.20. The number of amides is 1. The molecule has 0 bridgehead atoms. The van der Waals surface area contributed by atoms with Crippen molar-refractivity contribution in [1.82, 2.24) is 5.32 Å². The first-order valence-electron chi connectivity index (χ1n) is 5.57. The second kappa shape index (κ2) is 10.4. The molecule has 0 aliphatic heterocycles. The smallest absolute Gasteiger partial charge is 0.428 e. The van der Waals surface area contributed by atoms with Crippen molar-refractivity contribution in [2.45, 2.75) is 19.8 Å². The van der Waals surface area contributed by atoms with Gasteiger partial charge in [-0.05, 0) is 11.0 Å². The van der Waals surface area contributed by atoms with Gasteiger partial charge in [-0.3, -0.25) is 9.59 Å². The third-order valence-corrected chi connectivity index (χ3v) is 2.19. The second-order valence-corrected chi connectivity index (χ2v) is 4.56. The highest BCUT2D eigenvalue weighted by atomic mass is 31.1. The Kier molecular flexibility index (Phi) is 9.56. The van der Waals surface area contributed by atoms with Gasteiger partial charge in [0, 0.05) is 6.42 Å². The minimum atomic E-state index is -1.85. The fourth-order valence-electron chi connectivity index (χ4n) is 0.861. The Balaban J connectivity index is 3.61. The summed E-state index contributed by atoms with van der Waals surface area (Å²) in [6, 6.07) is 0. The molecular formula is C10H17NO7P+. The highest BCUT2D eigenvalue weighted by Gasteiger charge is 2.13. The molecule has 1 unspecified atom stereocenters.